The van der Waals surface area contributed by atoms with Crippen molar-refractivity contribution in [3.8, 4) is 11.7 Å². The van der Waals surface area contributed by atoms with Crippen molar-refractivity contribution < 1.29 is 38.1 Å². The Kier molecular flexibility index (Phi) is 7.95. The Balaban J connectivity index is 1.98. The molecular formula is C19H21N7O8. The molecule has 1 aliphatic rings. The minimum absolute atomic E-state index is 0.131. The lowest BCUT2D eigenvalue weighted by Gasteiger charge is -2.42. The van der Waals surface area contributed by atoms with Gasteiger partial charge in [-0.1, -0.05) is 28.4 Å². The summed E-state index contributed by atoms with van der Waals surface area (Å²) in [5.41, 5.74) is 9.70. The first kappa shape index (κ1) is 24.4. The number of carbonyl (C=O) groups excluding carboxylic acids is 3. The van der Waals surface area contributed by atoms with E-state index in [0.29, 0.717) is 5.69 Å². The number of aromatic nitrogens is 4. The van der Waals surface area contributed by atoms with Gasteiger partial charge in [-0.2, -0.15) is 4.68 Å². The highest BCUT2D eigenvalue weighted by Crippen LogP contribution is 2.30. The average Bonchev–Trinajstić information content (AvgIpc) is 3.24. The van der Waals surface area contributed by atoms with E-state index in [-0.39, 0.29) is 12.6 Å². The van der Waals surface area contributed by atoms with Crippen molar-refractivity contribution in [1.82, 2.24) is 20.2 Å². The van der Waals surface area contributed by atoms with E-state index < -0.39 is 48.6 Å². The molecule has 1 aromatic heterocycles. The van der Waals surface area contributed by atoms with E-state index in [1.165, 1.54) is 11.6 Å². The van der Waals surface area contributed by atoms with Crippen LogP contribution in [0, 0.1) is 0 Å². The highest BCUT2D eigenvalue weighted by molar-refractivity contribution is 5.68. The van der Waals surface area contributed by atoms with Crippen molar-refractivity contribution in [1.29, 1.82) is 0 Å². The van der Waals surface area contributed by atoms with Gasteiger partial charge in [0.1, 0.15) is 18.8 Å². The number of benzene rings is 1. The Bertz CT molecular complexity index is 1070. The third kappa shape index (κ3) is 5.96. The van der Waals surface area contributed by atoms with Gasteiger partial charge in [-0.05, 0) is 28.1 Å². The van der Waals surface area contributed by atoms with Gasteiger partial charge in [0.15, 0.2) is 12.2 Å². The summed E-state index contributed by atoms with van der Waals surface area (Å²) in [4.78, 5) is 37.7. The van der Waals surface area contributed by atoms with Crippen LogP contribution in [-0.4, -0.2) is 75.4 Å². The molecule has 5 atom stereocenters. The van der Waals surface area contributed by atoms with E-state index in [0.717, 1.165) is 13.8 Å². The standard InChI is InChI=1S/C19H21N7O8/c1-10(27)30-9-14-16(31-11(2)28)17(32-12(3)29)15(21-23-20)18(33-14)34-19-22-24-25-26(19)13-7-5-4-6-8-13/h4-8,14-18H,9H2,1-3H3/t14-,15-,16-,17-,18-/m1/s1. The van der Waals surface area contributed by atoms with Crippen molar-refractivity contribution in [3.05, 3.63) is 40.8 Å². The van der Waals surface area contributed by atoms with Crippen LogP contribution in [0.1, 0.15) is 20.8 Å². The number of ether oxygens (including phenoxy) is 5. The summed E-state index contributed by atoms with van der Waals surface area (Å²) >= 11 is 0. The highest BCUT2D eigenvalue weighted by atomic mass is 16.7. The third-order valence-electron chi connectivity index (χ3n) is 4.52. The molecule has 1 aliphatic heterocycles. The largest absolute Gasteiger partial charge is 0.463 e. The van der Waals surface area contributed by atoms with Crippen LogP contribution >= 0.6 is 0 Å². The normalized spacial score (nSPS) is 23.8. The van der Waals surface area contributed by atoms with Crippen LogP contribution in [0.25, 0.3) is 16.1 Å². The highest BCUT2D eigenvalue weighted by Gasteiger charge is 2.51. The van der Waals surface area contributed by atoms with Crippen LogP contribution in [0.4, 0.5) is 0 Å². The SMILES string of the molecule is CC(=O)OC[C@H]1O[C@H](Oc2nnnn2-c2ccccc2)[C@H](N=[N+]=[N-])[C@@H](OC(C)=O)[C@@H]1OC(C)=O. The van der Waals surface area contributed by atoms with E-state index in [2.05, 4.69) is 25.6 Å². The molecule has 15 nitrogen and oxygen atoms in total. The summed E-state index contributed by atoms with van der Waals surface area (Å²) in [6, 6.07) is 7.30. The maximum absolute atomic E-state index is 11.8. The van der Waals surface area contributed by atoms with E-state index in [1.54, 1.807) is 30.3 Å². The fourth-order valence-electron chi connectivity index (χ4n) is 3.25. The van der Waals surface area contributed by atoms with E-state index in [1.807, 2.05) is 0 Å². The molecule has 0 spiro atoms. The van der Waals surface area contributed by atoms with Crippen LogP contribution in [0.2, 0.25) is 0 Å². The van der Waals surface area contributed by atoms with Gasteiger partial charge in [0.25, 0.3) is 0 Å². The van der Waals surface area contributed by atoms with Crippen LogP contribution in [0.15, 0.2) is 35.4 Å². The molecule has 2 heterocycles. The van der Waals surface area contributed by atoms with Crippen LogP contribution < -0.4 is 4.74 Å². The Morgan fingerprint density at radius 2 is 1.76 bits per heavy atom. The van der Waals surface area contributed by atoms with Gasteiger partial charge in [-0.3, -0.25) is 14.4 Å². The number of tetrazole rings is 1. The zero-order chi connectivity index (χ0) is 24.7. The molecule has 34 heavy (non-hydrogen) atoms. The monoisotopic (exact) mass is 475 g/mol. The average molecular weight is 475 g/mol. The fraction of sp³-hybridized carbons (Fsp3) is 0.474. The number of esters is 3. The zero-order valence-electron chi connectivity index (χ0n) is 18.4. The van der Waals surface area contributed by atoms with Crippen molar-refractivity contribution in [2.75, 3.05) is 6.61 Å². The van der Waals surface area contributed by atoms with Crippen LogP contribution in [0.3, 0.4) is 0 Å². The molecule has 0 bridgehead atoms. The first-order valence-electron chi connectivity index (χ1n) is 9.98. The predicted octanol–water partition coefficient (Wildman–Crippen LogP) is 0.871. The van der Waals surface area contributed by atoms with Crippen LogP contribution in [0.5, 0.6) is 6.01 Å². The Morgan fingerprint density at radius 1 is 1.09 bits per heavy atom. The third-order valence-corrected chi connectivity index (χ3v) is 4.52. The van der Waals surface area contributed by atoms with Gasteiger partial charge in [-0.15, -0.1) is 0 Å². The molecule has 1 saturated heterocycles. The second kappa shape index (κ2) is 11.1. The quantitative estimate of drug-likeness (QED) is 0.173. The van der Waals surface area contributed by atoms with Crippen molar-refractivity contribution >= 4 is 17.9 Å². The zero-order valence-corrected chi connectivity index (χ0v) is 18.4. The van der Waals surface area contributed by atoms with E-state index >= 15 is 0 Å². The lowest BCUT2D eigenvalue weighted by Crippen LogP contribution is -2.62. The Morgan fingerprint density at radius 3 is 2.38 bits per heavy atom. The summed E-state index contributed by atoms with van der Waals surface area (Å²) in [6.45, 7) is 3.06. The second-order valence-electron chi connectivity index (χ2n) is 7.02. The summed E-state index contributed by atoms with van der Waals surface area (Å²) in [7, 11) is 0. The molecule has 0 aliphatic carbocycles. The Hall–Kier alpha value is -4.23. The molecule has 0 radical (unpaired) electrons. The molecule has 0 amide bonds. The number of carbonyl (C=O) groups is 3. The van der Waals surface area contributed by atoms with Crippen molar-refractivity contribution in [3.63, 3.8) is 0 Å². The molecule has 0 N–H and O–H groups in total. The summed E-state index contributed by atoms with van der Waals surface area (Å²) in [5, 5.41) is 14.9. The van der Waals surface area contributed by atoms with Gasteiger partial charge in [-0.25, -0.2) is 0 Å². The molecule has 15 heteroatoms. The smallest absolute Gasteiger partial charge is 0.342 e. The molecule has 1 aromatic carbocycles. The van der Waals surface area contributed by atoms with Gasteiger partial charge < -0.3 is 23.7 Å². The second-order valence-corrected chi connectivity index (χ2v) is 7.02. The summed E-state index contributed by atoms with van der Waals surface area (Å²) < 4.78 is 28.6. The van der Waals surface area contributed by atoms with Crippen LogP contribution in [-0.2, 0) is 33.3 Å². The minimum atomic E-state index is -1.42. The number of hydrogen-bond donors (Lipinski definition) is 0. The molecule has 0 saturated carbocycles. The number of para-hydroxylation sites is 1. The number of rotatable bonds is 8. The van der Waals surface area contributed by atoms with Gasteiger partial charge in [0.05, 0.1) is 5.69 Å². The fourth-order valence-corrected chi connectivity index (χ4v) is 3.25. The first-order valence-corrected chi connectivity index (χ1v) is 9.98. The van der Waals surface area contributed by atoms with Gasteiger partial charge >= 0.3 is 23.9 Å². The van der Waals surface area contributed by atoms with E-state index in [4.69, 9.17) is 29.2 Å². The topological polar surface area (TPSA) is 190 Å². The molecular weight excluding hydrogens is 454 g/mol. The van der Waals surface area contributed by atoms with E-state index in [9.17, 15) is 14.4 Å². The van der Waals surface area contributed by atoms with Gasteiger partial charge in [0.2, 0.25) is 6.29 Å². The van der Waals surface area contributed by atoms with Gasteiger partial charge in [0, 0.05) is 25.7 Å². The maximum Gasteiger partial charge on any atom is 0.342 e. The summed E-state index contributed by atoms with van der Waals surface area (Å²) in [6.07, 6.45) is -5.17. The molecule has 1 fully saturated rings. The molecule has 180 valence electrons. The Labute approximate surface area is 192 Å². The number of azide groups is 1. The summed E-state index contributed by atoms with van der Waals surface area (Å²) in [5.74, 6) is -2.11. The van der Waals surface area contributed by atoms with Crippen molar-refractivity contribution in [2.45, 2.75) is 51.4 Å². The predicted molar refractivity (Wildman–Crippen MR) is 109 cm³/mol. The minimum Gasteiger partial charge on any atom is -0.463 e. The lowest BCUT2D eigenvalue weighted by atomic mass is 9.97. The first-order chi connectivity index (χ1) is 16.3. The number of nitrogens with zero attached hydrogens (tertiary/aromatic N) is 7. The number of hydrogen-bond acceptors (Lipinski definition) is 12. The van der Waals surface area contributed by atoms with Crippen molar-refractivity contribution in [2.24, 2.45) is 5.11 Å². The lowest BCUT2D eigenvalue weighted by molar-refractivity contribution is -0.254. The molecule has 3 rings (SSSR count). The molecule has 0 unspecified atom stereocenters. The molecule has 2 aromatic rings. The maximum atomic E-state index is 11.8.